The zero-order valence-corrected chi connectivity index (χ0v) is 10.8. The Bertz CT molecular complexity index is 545. The zero-order valence-electron chi connectivity index (χ0n) is 10.8. The van der Waals surface area contributed by atoms with Gasteiger partial charge in [0.2, 0.25) is 5.91 Å². The lowest BCUT2D eigenvalue weighted by Gasteiger charge is -2.09. The molecule has 1 aromatic rings. The Morgan fingerprint density at radius 1 is 1.28 bits per heavy atom. The number of nitrogens with one attached hydrogen (secondary N) is 1. The van der Waals surface area contributed by atoms with Crippen molar-refractivity contribution in [1.29, 1.82) is 0 Å². The topological polar surface area (TPSA) is 49.4 Å². The molecule has 2 rings (SSSR count). The van der Waals surface area contributed by atoms with Gasteiger partial charge in [0.05, 0.1) is 12.1 Å². The summed E-state index contributed by atoms with van der Waals surface area (Å²) in [4.78, 5) is 25.9. The van der Waals surface area contributed by atoms with Crippen molar-refractivity contribution in [2.45, 2.75) is 13.3 Å². The van der Waals surface area contributed by atoms with Gasteiger partial charge < -0.3 is 10.2 Å². The summed E-state index contributed by atoms with van der Waals surface area (Å²) in [7, 11) is 3.66. The highest BCUT2D eigenvalue weighted by molar-refractivity contribution is 6.18. The third-order valence-corrected chi connectivity index (χ3v) is 2.75. The van der Waals surface area contributed by atoms with E-state index in [1.165, 1.54) is 0 Å². The molecule has 0 radical (unpaired) electrons. The highest BCUT2D eigenvalue weighted by Crippen LogP contribution is 2.26. The molecule has 0 spiro atoms. The number of Topliss-reactive ketones (excluding diaryl/α,β-unsaturated/α-hetero) is 1. The quantitative estimate of drug-likeness (QED) is 0.768. The minimum absolute atomic E-state index is 0.0861. The van der Waals surface area contributed by atoms with Gasteiger partial charge >= 0.3 is 0 Å². The molecule has 0 unspecified atom stereocenters. The van der Waals surface area contributed by atoms with Crippen molar-refractivity contribution in [3.05, 3.63) is 41.1 Å². The smallest absolute Gasteiger partial charge is 0.229 e. The molecule has 1 aliphatic rings. The lowest BCUT2D eigenvalue weighted by atomic mass is 10.0. The standard InChI is InChI=1S/C14H16N2O2/c1-9-4-5-11-12(6-9)15-13(17)7-10(14(11)18)8-16(2)3/h4-6,8H,7H2,1-3H3,(H,15,17)/b10-8-. The van der Waals surface area contributed by atoms with Crippen LogP contribution in [0.4, 0.5) is 5.69 Å². The summed E-state index contributed by atoms with van der Waals surface area (Å²) in [6, 6.07) is 5.47. The number of nitrogens with zero attached hydrogens (tertiary/aromatic N) is 1. The van der Waals surface area contributed by atoms with Gasteiger partial charge in [-0.3, -0.25) is 9.59 Å². The summed E-state index contributed by atoms with van der Waals surface area (Å²) >= 11 is 0. The van der Waals surface area contributed by atoms with Crippen LogP contribution in [0, 0.1) is 6.92 Å². The first kappa shape index (κ1) is 12.4. The maximum atomic E-state index is 12.3. The Labute approximate surface area is 106 Å². The van der Waals surface area contributed by atoms with Gasteiger partial charge in [0.15, 0.2) is 5.78 Å². The monoisotopic (exact) mass is 244 g/mol. The van der Waals surface area contributed by atoms with Gasteiger partial charge in [-0.05, 0) is 24.6 Å². The van der Waals surface area contributed by atoms with Crippen molar-refractivity contribution >= 4 is 17.4 Å². The molecule has 94 valence electrons. The van der Waals surface area contributed by atoms with E-state index in [0.29, 0.717) is 16.8 Å². The number of fused-ring (bicyclic) bond motifs is 1. The first-order valence-electron chi connectivity index (χ1n) is 5.79. The van der Waals surface area contributed by atoms with Gasteiger partial charge in [0, 0.05) is 31.4 Å². The third kappa shape index (κ3) is 2.42. The Morgan fingerprint density at radius 3 is 2.67 bits per heavy atom. The molecule has 0 fully saturated rings. The number of amides is 1. The van der Waals surface area contributed by atoms with Crippen LogP contribution in [0.3, 0.4) is 0 Å². The van der Waals surface area contributed by atoms with Crippen molar-refractivity contribution in [2.24, 2.45) is 0 Å². The van der Waals surface area contributed by atoms with Crippen LogP contribution < -0.4 is 5.32 Å². The first-order valence-corrected chi connectivity index (χ1v) is 5.79. The number of benzene rings is 1. The van der Waals surface area contributed by atoms with E-state index in [-0.39, 0.29) is 18.1 Å². The van der Waals surface area contributed by atoms with Gasteiger partial charge in [0.25, 0.3) is 0 Å². The molecule has 1 aliphatic heterocycles. The van der Waals surface area contributed by atoms with E-state index >= 15 is 0 Å². The van der Waals surface area contributed by atoms with Crippen LogP contribution in [0.2, 0.25) is 0 Å². The predicted octanol–water partition coefficient (Wildman–Crippen LogP) is 1.97. The van der Waals surface area contributed by atoms with Crippen LogP contribution in [0.25, 0.3) is 0 Å². The number of rotatable bonds is 1. The molecule has 1 heterocycles. The van der Waals surface area contributed by atoms with Gasteiger partial charge in [-0.15, -0.1) is 0 Å². The molecule has 4 heteroatoms. The molecule has 0 aliphatic carbocycles. The van der Waals surface area contributed by atoms with E-state index in [0.717, 1.165) is 5.56 Å². The number of ketones is 1. The third-order valence-electron chi connectivity index (χ3n) is 2.75. The lowest BCUT2D eigenvalue weighted by Crippen LogP contribution is -2.12. The Morgan fingerprint density at radius 2 is 2.00 bits per heavy atom. The second-order valence-corrected chi connectivity index (χ2v) is 4.72. The molecule has 0 atom stereocenters. The molecule has 0 saturated heterocycles. The Balaban J connectivity index is 2.52. The summed E-state index contributed by atoms with van der Waals surface area (Å²) in [5.74, 6) is -0.238. The fourth-order valence-electron chi connectivity index (χ4n) is 2.00. The van der Waals surface area contributed by atoms with Crippen molar-refractivity contribution in [2.75, 3.05) is 19.4 Å². The van der Waals surface area contributed by atoms with Crippen molar-refractivity contribution < 1.29 is 9.59 Å². The van der Waals surface area contributed by atoms with Gasteiger partial charge in [-0.25, -0.2) is 0 Å². The van der Waals surface area contributed by atoms with Gasteiger partial charge in [0.1, 0.15) is 0 Å². The zero-order chi connectivity index (χ0) is 13.3. The van der Waals surface area contributed by atoms with E-state index in [1.807, 2.05) is 33.2 Å². The number of carbonyl (C=O) groups is 2. The maximum absolute atomic E-state index is 12.3. The molecule has 18 heavy (non-hydrogen) atoms. The van der Waals surface area contributed by atoms with Crippen LogP contribution in [-0.2, 0) is 4.79 Å². The summed E-state index contributed by atoms with van der Waals surface area (Å²) < 4.78 is 0. The van der Waals surface area contributed by atoms with Crippen molar-refractivity contribution in [1.82, 2.24) is 4.90 Å². The van der Waals surface area contributed by atoms with Gasteiger partial charge in [-0.1, -0.05) is 6.07 Å². The first-order chi connectivity index (χ1) is 8.47. The number of hydrogen-bond acceptors (Lipinski definition) is 3. The molecule has 1 amide bonds. The summed E-state index contributed by atoms with van der Waals surface area (Å²) in [5.41, 5.74) is 2.69. The largest absolute Gasteiger partial charge is 0.383 e. The SMILES string of the molecule is Cc1ccc2c(c1)NC(=O)C/C(=C/N(C)C)C2=O. The number of hydrogen-bond donors (Lipinski definition) is 1. The summed E-state index contributed by atoms with van der Waals surface area (Å²) in [6.45, 7) is 1.93. The molecule has 0 aromatic heterocycles. The normalized spacial score (nSPS) is 17.2. The molecule has 0 saturated carbocycles. The van der Waals surface area contributed by atoms with Crippen molar-refractivity contribution in [3.63, 3.8) is 0 Å². The van der Waals surface area contributed by atoms with E-state index in [4.69, 9.17) is 0 Å². The Kier molecular flexibility index (Phi) is 3.19. The van der Waals surface area contributed by atoms with Crippen LogP contribution in [0.5, 0.6) is 0 Å². The molecular weight excluding hydrogens is 228 g/mol. The van der Waals surface area contributed by atoms with E-state index < -0.39 is 0 Å². The highest BCUT2D eigenvalue weighted by atomic mass is 16.2. The predicted molar refractivity (Wildman–Crippen MR) is 70.5 cm³/mol. The average Bonchev–Trinajstić information content (AvgIpc) is 2.36. The summed E-state index contributed by atoms with van der Waals surface area (Å²) in [5, 5.41) is 2.78. The summed E-state index contributed by atoms with van der Waals surface area (Å²) in [6.07, 6.45) is 1.82. The van der Waals surface area contributed by atoms with Gasteiger partial charge in [-0.2, -0.15) is 0 Å². The van der Waals surface area contributed by atoms with E-state index in [1.54, 1.807) is 17.2 Å². The number of carbonyl (C=O) groups excluding carboxylic acids is 2. The molecule has 0 bridgehead atoms. The molecule has 4 nitrogen and oxygen atoms in total. The van der Waals surface area contributed by atoms with Crippen molar-refractivity contribution in [3.8, 4) is 0 Å². The lowest BCUT2D eigenvalue weighted by molar-refractivity contribution is -0.115. The molecule has 1 N–H and O–H groups in total. The van der Waals surface area contributed by atoms with E-state index in [9.17, 15) is 9.59 Å². The average molecular weight is 244 g/mol. The minimum Gasteiger partial charge on any atom is -0.383 e. The fraction of sp³-hybridized carbons (Fsp3) is 0.286. The van der Waals surface area contributed by atoms with E-state index in [2.05, 4.69) is 5.32 Å². The second kappa shape index (κ2) is 4.64. The van der Waals surface area contributed by atoms with Crippen LogP contribution >= 0.6 is 0 Å². The van der Waals surface area contributed by atoms with Crippen LogP contribution in [-0.4, -0.2) is 30.7 Å². The van der Waals surface area contributed by atoms with Crippen LogP contribution in [0.15, 0.2) is 30.0 Å². The molecule has 1 aromatic carbocycles. The fourth-order valence-corrected chi connectivity index (χ4v) is 2.00. The number of aryl methyl sites for hydroxylation is 1. The number of anilines is 1. The minimum atomic E-state index is -0.152. The Hall–Kier alpha value is -2.10. The maximum Gasteiger partial charge on any atom is 0.229 e. The van der Waals surface area contributed by atoms with Crippen LogP contribution in [0.1, 0.15) is 22.3 Å². The second-order valence-electron chi connectivity index (χ2n) is 4.72. The molecular formula is C14H16N2O2. The highest BCUT2D eigenvalue weighted by Gasteiger charge is 2.24.